The smallest absolute Gasteiger partial charge is 0.255 e. The standard InChI is InChI=1S/C22H29N3O4/c1-4-24-10-9-22(2,3)18(13-24)29-15-5-6-16-14(11-15)12-25(21(16)28)17-7-8-19(26)23-20(17)27/h5-6,11,17-18H,4,7-10,12-13H2,1-3H3,(H,23,26,27)/t17?,18-/m0/s1. The first kappa shape index (κ1) is 19.9. The van der Waals surface area contributed by atoms with Crippen LogP contribution >= 0.6 is 0 Å². The number of rotatable bonds is 4. The third kappa shape index (κ3) is 3.75. The minimum Gasteiger partial charge on any atom is -0.489 e. The van der Waals surface area contributed by atoms with Gasteiger partial charge in [0.25, 0.3) is 5.91 Å². The fourth-order valence-electron chi connectivity index (χ4n) is 4.45. The third-order valence-electron chi connectivity index (χ3n) is 6.59. The van der Waals surface area contributed by atoms with Gasteiger partial charge in [0.05, 0.1) is 0 Å². The number of hydrogen-bond donors (Lipinski definition) is 1. The quantitative estimate of drug-likeness (QED) is 0.783. The fraction of sp³-hybridized carbons (Fsp3) is 0.591. The number of carbonyl (C=O) groups is 3. The van der Waals surface area contributed by atoms with Crippen LogP contribution in [-0.2, 0) is 16.1 Å². The molecule has 0 bridgehead atoms. The number of piperidine rings is 2. The molecule has 3 aliphatic rings. The van der Waals surface area contributed by atoms with Gasteiger partial charge in [-0.1, -0.05) is 20.8 Å². The van der Waals surface area contributed by atoms with E-state index in [0.717, 1.165) is 37.4 Å². The second-order valence-electron chi connectivity index (χ2n) is 8.96. The van der Waals surface area contributed by atoms with Crippen LogP contribution in [0.2, 0.25) is 0 Å². The molecule has 0 aromatic heterocycles. The molecule has 0 saturated carbocycles. The molecule has 7 heteroatoms. The van der Waals surface area contributed by atoms with Gasteiger partial charge in [-0.2, -0.15) is 0 Å². The van der Waals surface area contributed by atoms with Crippen LogP contribution in [0.25, 0.3) is 0 Å². The molecule has 4 rings (SSSR count). The van der Waals surface area contributed by atoms with Crippen molar-refractivity contribution in [1.82, 2.24) is 15.1 Å². The van der Waals surface area contributed by atoms with Crippen LogP contribution in [0, 0.1) is 5.41 Å². The Morgan fingerprint density at radius 3 is 2.76 bits per heavy atom. The van der Waals surface area contributed by atoms with E-state index in [2.05, 4.69) is 31.0 Å². The van der Waals surface area contributed by atoms with E-state index in [4.69, 9.17) is 4.74 Å². The molecule has 2 atom stereocenters. The molecule has 0 spiro atoms. The first-order valence-corrected chi connectivity index (χ1v) is 10.4. The Morgan fingerprint density at radius 1 is 1.24 bits per heavy atom. The summed E-state index contributed by atoms with van der Waals surface area (Å²) in [7, 11) is 0. The van der Waals surface area contributed by atoms with Crippen molar-refractivity contribution in [3.05, 3.63) is 29.3 Å². The number of hydrogen-bond acceptors (Lipinski definition) is 5. The number of ether oxygens (including phenoxy) is 1. The van der Waals surface area contributed by atoms with Gasteiger partial charge in [-0.05, 0) is 49.7 Å². The monoisotopic (exact) mass is 399 g/mol. The van der Waals surface area contributed by atoms with Crippen molar-refractivity contribution in [3.8, 4) is 5.75 Å². The molecule has 1 aromatic rings. The molecule has 156 valence electrons. The van der Waals surface area contributed by atoms with Gasteiger partial charge in [0.2, 0.25) is 11.8 Å². The van der Waals surface area contributed by atoms with Gasteiger partial charge in [0, 0.05) is 30.5 Å². The maximum absolute atomic E-state index is 12.8. The highest BCUT2D eigenvalue weighted by molar-refractivity contribution is 6.05. The Bertz CT molecular complexity index is 850. The minimum absolute atomic E-state index is 0.0811. The second-order valence-corrected chi connectivity index (χ2v) is 8.96. The van der Waals surface area contributed by atoms with Crippen molar-refractivity contribution in [2.24, 2.45) is 5.41 Å². The Hall–Kier alpha value is -2.41. The maximum atomic E-state index is 12.8. The van der Waals surface area contributed by atoms with Crippen molar-refractivity contribution in [2.75, 3.05) is 19.6 Å². The number of nitrogens with zero attached hydrogens (tertiary/aromatic N) is 2. The van der Waals surface area contributed by atoms with Gasteiger partial charge < -0.3 is 9.64 Å². The molecule has 1 aromatic carbocycles. The van der Waals surface area contributed by atoms with Crippen LogP contribution in [-0.4, -0.2) is 59.3 Å². The van der Waals surface area contributed by atoms with E-state index < -0.39 is 6.04 Å². The highest BCUT2D eigenvalue weighted by atomic mass is 16.5. The van der Waals surface area contributed by atoms with E-state index >= 15 is 0 Å². The first-order chi connectivity index (χ1) is 13.8. The molecule has 2 fully saturated rings. The number of likely N-dealkylation sites (N-methyl/N-ethyl adjacent to an activating group) is 1. The van der Waals surface area contributed by atoms with Crippen LogP contribution in [0.15, 0.2) is 18.2 Å². The molecule has 3 heterocycles. The highest BCUT2D eigenvalue weighted by Gasteiger charge is 2.40. The molecule has 7 nitrogen and oxygen atoms in total. The second kappa shape index (κ2) is 7.44. The van der Waals surface area contributed by atoms with Crippen molar-refractivity contribution >= 4 is 17.7 Å². The van der Waals surface area contributed by atoms with Gasteiger partial charge >= 0.3 is 0 Å². The number of carbonyl (C=O) groups excluding carboxylic acids is 3. The number of likely N-dealkylation sites (tertiary alicyclic amines) is 1. The third-order valence-corrected chi connectivity index (χ3v) is 6.59. The van der Waals surface area contributed by atoms with Gasteiger partial charge in [-0.15, -0.1) is 0 Å². The number of imide groups is 1. The summed E-state index contributed by atoms with van der Waals surface area (Å²) in [6.45, 7) is 10.0. The average molecular weight is 399 g/mol. The Morgan fingerprint density at radius 2 is 2.03 bits per heavy atom. The maximum Gasteiger partial charge on any atom is 0.255 e. The molecule has 0 radical (unpaired) electrons. The van der Waals surface area contributed by atoms with Crippen molar-refractivity contribution in [1.29, 1.82) is 0 Å². The predicted octanol–water partition coefficient (Wildman–Crippen LogP) is 1.95. The molecule has 1 N–H and O–H groups in total. The number of nitrogens with one attached hydrogen (secondary N) is 1. The lowest BCUT2D eigenvalue weighted by Crippen LogP contribution is -2.52. The van der Waals surface area contributed by atoms with Crippen molar-refractivity contribution in [3.63, 3.8) is 0 Å². The summed E-state index contributed by atoms with van der Waals surface area (Å²) in [4.78, 5) is 40.4. The lowest BCUT2D eigenvalue weighted by molar-refractivity contribution is -0.136. The predicted molar refractivity (Wildman–Crippen MR) is 107 cm³/mol. The SMILES string of the molecule is CCN1CCC(C)(C)[C@@H](Oc2ccc3c(c2)CN(C2CCC(=O)NC2=O)C3=O)C1. The molecule has 0 aliphatic carbocycles. The van der Waals surface area contributed by atoms with E-state index in [1.165, 1.54) is 0 Å². The topological polar surface area (TPSA) is 79.0 Å². The van der Waals surface area contributed by atoms with Crippen LogP contribution in [0.1, 0.15) is 56.0 Å². The summed E-state index contributed by atoms with van der Waals surface area (Å²) in [6.07, 6.45) is 1.79. The van der Waals surface area contributed by atoms with Gasteiger partial charge in [0.1, 0.15) is 17.9 Å². The van der Waals surface area contributed by atoms with Crippen molar-refractivity contribution < 1.29 is 19.1 Å². The highest BCUT2D eigenvalue weighted by Crippen LogP contribution is 2.35. The van der Waals surface area contributed by atoms with Crippen LogP contribution < -0.4 is 10.1 Å². The van der Waals surface area contributed by atoms with E-state index in [0.29, 0.717) is 18.5 Å². The molecule has 1 unspecified atom stereocenters. The fourth-order valence-corrected chi connectivity index (χ4v) is 4.45. The molecule has 3 amide bonds. The van der Waals surface area contributed by atoms with E-state index in [1.807, 2.05) is 12.1 Å². The molecular weight excluding hydrogens is 370 g/mol. The van der Waals surface area contributed by atoms with Crippen molar-refractivity contribution in [2.45, 2.75) is 58.7 Å². The van der Waals surface area contributed by atoms with Crippen LogP contribution in [0.4, 0.5) is 0 Å². The first-order valence-electron chi connectivity index (χ1n) is 10.4. The van der Waals surface area contributed by atoms with E-state index in [9.17, 15) is 14.4 Å². The van der Waals surface area contributed by atoms with E-state index in [1.54, 1.807) is 11.0 Å². The van der Waals surface area contributed by atoms with Gasteiger partial charge in [-0.3, -0.25) is 24.6 Å². The molecule has 29 heavy (non-hydrogen) atoms. The normalized spacial score (nSPS) is 27.0. The Labute approximate surface area is 171 Å². The minimum atomic E-state index is -0.590. The van der Waals surface area contributed by atoms with E-state index in [-0.39, 0.29) is 35.7 Å². The summed E-state index contributed by atoms with van der Waals surface area (Å²) in [5, 5.41) is 2.34. The Kier molecular flexibility index (Phi) is 5.11. The summed E-state index contributed by atoms with van der Waals surface area (Å²) < 4.78 is 6.38. The van der Waals surface area contributed by atoms with Gasteiger partial charge in [-0.25, -0.2) is 0 Å². The average Bonchev–Trinajstić information content (AvgIpc) is 2.99. The largest absolute Gasteiger partial charge is 0.489 e. The zero-order chi connectivity index (χ0) is 20.8. The summed E-state index contributed by atoms with van der Waals surface area (Å²) in [6, 6.07) is 4.99. The number of benzene rings is 1. The summed E-state index contributed by atoms with van der Waals surface area (Å²) in [5.41, 5.74) is 1.57. The number of fused-ring (bicyclic) bond motifs is 1. The number of amides is 3. The van der Waals surface area contributed by atoms with Gasteiger partial charge in [0.15, 0.2) is 0 Å². The zero-order valence-corrected chi connectivity index (χ0v) is 17.4. The zero-order valence-electron chi connectivity index (χ0n) is 17.4. The Balaban J connectivity index is 1.50. The lowest BCUT2D eigenvalue weighted by atomic mass is 9.80. The molecular formula is C22H29N3O4. The molecule has 2 saturated heterocycles. The lowest BCUT2D eigenvalue weighted by Gasteiger charge is -2.43. The summed E-state index contributed by atoms with van der Waals surface area (Å²) in [5.74, 6) is -0.0567. The molecule has 3 aliphatic heterocycles. The van der Waals surface area contributed by atoms with Crippen LogP contribution in [0.3, 0.4) is 0 Å². The summed E-state index contributed by atoms with van der Waals surface area (Å²) >= 11 is 0. The van der Waals surface area contributed by atoms with Crippen LogP contribution in [0.5, 0.6) is 5.75 Å².